The van der Waals surface area contributed by atoms with E-state index in [9.17, 15) is 4.79 Å². The van der Waals surface area contributed by atoms with Crippen LogP contribution >= 0.6 is 0 Å². The second kappa shape index (κ2) is 4.80. The molecule has 0 bridgehead atoms. The molecular weight excluding hydrogens is 166 g/mol. The van der Waals surface area contributed by atoms with E-state index in [0.717, 1.165) is 25.8 Å². The lowest BCUT2D eigenvalue weighted by atomic mass is 10.2. The molecule has 3 nitrogen and oxygen atoms in total. The number of nitrogens with zero attached hydrogens (tertiary/aromatic N) is 1. The number of esters is 1. The van der Waals surface area contributed by atoms with Crippen LogP contribution in [0, 0.1) is 0 Å². The number of carbonyl (C=O) groups excluding carboxylic acids is 1. The predicted molar refractivity (Wildman–Crippen MR) is 51.9 cm³/mol. The Labute approximate surface area is 78.5 Å². The van der Waals surface area contributed by atoms with E-state index in [2.05, 4.69) is 11.6 Å². The van der Waals surface area contributed by atoms with Crippen molar-refractivity contribution < 1.29 is 9.53 Å². The molecule has 13 heavy (non-hydrogen) atoms. The molecule has 3 heteroatoms. The summed E-state index contributed by atoms with van der Waals surface area (Å²) in [4.78, 5) is 15.2. The van der Waals surface area contributed by atoms with Crippen LogP contribution in [0.25, 0.3) is 0 Å². The van der Waals surface area contributed by atoms with Crippen LogP contribution < -0.4 is 0 Å². The maximum atomic E-state index is 11.0. The van der Waals surface area contributed by atoms with Gasteiger partial charge in [0.15, 0.2) is 0 Å². The summed E-state index contributed by atoms with van der Waals surface area (Å²) in [5.41, 5.74) is 1.63. The molecule has 0 radical (unpaired) electrons. The van der Waals surface area contributed by atoms with Gasteiger partial charge < -0.3 is 4.74 Å². The number of carbonyl (C=O) groups is 1. The van der Waals surface area contributed by atoms with Crippen molar-refractivity contribution in [2.45, 2.75) is 26.2 Å². The first-order valence-corrected chi connectivity index (χ1v) is 4.55. The Bertz CT molecular complexity index is 241. The van der Waals surface area contributed by atoms with Gasteiger partial charge in [-0.2, -0.15) is 0 Å². The molecule has 0 amide bonds. The van der Waals surface area contributed by atoms with Crippen LogP contribution in [-0.4, -0.2) is 24.8 Å². The highest BCUT2D eigenvalue weighted by atomic mass is 16.5. The second-order valence-corrected chi connectivity index (χ2v) is 3.22. The summed E-state index contributed by atoms with van der Waals surface area (Å²) in [5.74, 6) is -0.307. The first-order chi connectivity index (χ1) is 6.20. The van der Waals surface area contributed by atoms with Gasteiger partial charge in [0.1, 0.15) is 0 Å². The zero-order chi connectivity index (χ0) is 9.68. The Morgan fingerprint density at radius 2 is 2.46 bits per heavy atom. The highest BCUT2D eigenvalue weighted by Crippen LogP contribution is 2.07. The summed E-state index contributed by atoms with van der Waals surface area (Å²) < 4.78 is 4.95. The molecule has 1 rings (SSSR count). The second-order valence-electron chi connectivity index (χ2n) is 3.22. The lowest BCUT2D eigenvalue weighted by Crippen LogP contribution is -2.09. The van der Waals surface area contributed by atoms with E-state index in [1.165, 1.54) is 5.71 Å². The van der Waals surface area contributed by atoms with E-state index in [0.29, 0.717) is 12.2 Å². The van der Waals surface area contributed by atoms with Crippen LogP contribution in [0.3, 0.4) is 0 Å². The number of hydrogen-bond acceptors (Lipinski definition) is 3. The molecule has 0 aliphatic carbocycles. The molecule has 0 aromatic carbocycles. The Kier molecular flexibility index (Phi) is 3.68. The fourth-order valence-electron chi connectivity index (χ4n) is 1.19. The maximum Gasteiger partial charge on any atom is 0.333 e. The van der Waals surface area contributed by atoms with Crippen molar-refractivity contribution >= 4 is 11.7 Å². The average Bonchev–Trinajstić information content (AvgIpc) is 2.56. The van der Waals surface area contributed by atoms with Crippen LogP contribution in [0.2, 0.25) is 0 Å². The van der Waals surface area contributed by atoms with Crippen molar-refractivity contribution in [3.05, 3.63) is 12.2 Å². The van der Waals surface area contributed by atoms with E-state index >= 15 is 0 Å². The molecule has 1 aliphatic rings. The quantitative estimate of drug-likeness (QED) is 0.489. The molecule has 0 saturated heterocycles. The van der Waals surface area contributed by atoms with Gasteiger partial charge in [-0.1, -0.05) is 6.58 Å². The standard InChI is InChI=1S/C10H15NO2/c1-8(2)10(12)13-7-5-9-4-3-6-11-9/h1,3-7H2,2H3. The SMILES string of the molecule is C=C(C)C(=O)OCCC1=NCCC1. The number of rotatable bonds is 4. The van der Waals surface area contributed by atoms with Crippen LogP contribution in [0.5, 0.6) is 0 Å². The molecule has 0 saturated carbocycles. The van der Waals surface area contributed by atoms with E-state index in [1.54, 1.807) is 6.92 Å². The van der Waals surface area contributed by atoms with Crippen LogP contribution in [0.15, 0.2) is 17.1 Å². The van der Waals surface area contributed by atoms with Gasteiger partial charge in [0.05, 0.1) is 6.61 Å². The van der Waals surface area contributed by atoms with Crippen LogP contribution in [0.4, 0.5) is 0 Å². The van der Waals surface area contributed by atoms with Crippen molar-refractivity contribution in [1.29, 1.82) is 0 Å². The third kappa shape index (κ3) is 3.40. The fraction of sp³-hybridized carbons (Fsp3) is 0.600. The van der Waals surface area contributed by atoms with Gasteiger partial charge in [-0.3, -0.25) is 4.99 Å². The Morgan fingerprint density at radius 3 is 3.00 bits per heavy atom. The third-order valence-corrected chi connectivity index (χ3v) is 1.93. The number of aliphatic imine (C=N–C) groups is 1. The summed E-state index contributed by atoms with van der Waals surface area (Å²) >= 11 is 0. The molecule has 1 heterocycles. The maximum absolute atomic E-state index is 11.0. The Balaban J connectivity index is 2.13. The number of hydrogen-bond donors (Lipinski definition) is 0. The number of ether oxygens (including phenoxy) is 1. The Hall–Kier alpha value is -1.12. The van der Waals surface area contributed by atoms with E-state index in [-0.39, 0.29) is 5.97 Å². The largest absolute Gasteiger partial charge is 0.462 e. The van der Waals surface area contributed by atoms with Gasteiger partial charge in [0.2, 0.25) is 0 Å². The Morgan fingerprint density at radius 1 is 1.69 bits per heavy atom. The minimum absolute atomic E-state index is 0.307. The topological polar surface area (TPSA) is 38.7 Å². The normalized spacial score (nSPS) is 15.3. The van der Waals surface area contributed by atoms with Crippen LogP contribution in [0.1, 0.15) is 26.2 Å². The van der Waals surface area contributed by atoms with E-state index in [4.69, 9.17) is 4.74 Å². The lowest BCUT2D eigenvalue weighted by molar-refractivity contribution is -0.138. The van der Waals surface area contributed by atoms with Crippen molar-refractivity contribution in [1.82, 2.24) is 0 Å². The molecule has 1 aliphatic heterocycles. The van der Waals surface area contributed by atoms with Gasteiger partial charge in [-0.05, 0) is 19.8 Å². The van der Waals surface area contributed by atoms with Crippen molar-refractivity contribution in [3.63, 3.8) is 0 Å². The summed E-state index contributed by atoms with van der Waals surface area (Å²) in [6.45, 7) is 6.52. The first-order valence-electron chi connectivity index (χ1n) is 4.55. The summed E-state index contributed by atoms with van der Waals surface area (Å²) in [7, 11) is 0. The molecule has 0 spiro atoms. The predicted octanol–water partition coefficient (Wildman–Crippen LogP) is 1.73. The van der Waals surface area contributed by atoms with Crippen molar-refractivity contribution in [2.24, 2.45) is 4.99 Å². The van der Waals surface area contributed by atoms with Crippen molar-refractivity contribution in [3.8, 4) is 0 Å². The molecule has 0 N–H and O–H groups in total. The van der Waals surface area contributed by atoms with Gasteiger partial charge >= 0.3 is 5.97 Å². The lowest BCUT2D eigenvalue weighted by Gasteiger charge is -2.03. The monoisotopic (exact) mass is 181 g/mol. The molecular formula is C10H15NO2. The molecule has 0 unspecified atom stereocenters. The molecule has 72 valence electrons. The van der Waals surface area contributed by atoms with E-state index in [1.807, 2.05) is 0 Å². The zero-order valence-electron chi connectivity index (χ0n) is 8.01. The summed E-state index contributed by atoms with van der Waals surface area (Å²) in [5, 5.41) is 0. The van der Waals surface area contributed by atoms with Gasteiger partial charge in [-0.25, -0.2) is 4.79 Å². The van der Waals surface area contributed by atoms with Crippen molar-refractivity contribution in [2.75, 3.05) is 13.2 Å². The molecule has 0 fully saturated rings. The molecule has 0 aromatic heterocycles. The minimum Gasteiger partial charge on any atom is -0.462 e. The first kappa shape index (κ1) is 9.96. The molecule has 0 aromatic rings. The third-order valence-electron chi connectivity index (χ3n) is 1.93. The smallest absolute Gasteiger partial charge is 0.333 e. The summed E-state index contributed by atoms with van der Waals surface area (Å²) in [6, 6.07) is 0. The summed E-state index contributed by atoms with van der Waals surface area (Å²) in [6.07, 6.45) is 2.98. The fourth-order valence-corrected chi connectivity index (χ4v) is 1.19. The average molecular weight is 181 g/mol. The minimum atomic E-state index is -0.307. The molecule has 0 atom stereocenters. The van der Waals surface area contributed by atoms with Crippen LogP contribution in [-0.2, 0) is 9.53 Å². The van der Waals surface area contributed by atoms with Gasteiger partial charge in [-0.15, -0.1) is 0 Å². The zero-order valence-corrected chi connectivity index (χ0v) is 8.01. The van der Waals surface area contributed by atoms with Gasteiger partial charge in [0.25, 0.3) is 0 Å². The van der Waals surface area contributed by atoms with Gasteiger partial charge in [0, 0.05) is 24.3 Å². The van der Waals surface area contributed by atoms with E-state index < -0.39 is 0 Å². The highest BCUT2D eigenvalue weighted by Gasteiger charge is 2.07. The highest BCUT2D eigenvalue weighted by molar-refractivity contribution is 5.88.